The molecule has 1 N–H and O–H groups in total. The summed E-state index contributed by atoms with van der Waals surface area (Å²) in [6, 6.07) is 0. The number of rotatable bonds is 6. The molecule has 0 bridgehead atoms. The quantitative estimate of drug-likeness (QED) is 0.280. The van der Waals surface area contributed by atoms with E-state index in [1.807, 2.05) is 0 Å². The molecule has 0 rings (SSSR count). The van der Waals surface area contributed by atoms with E-state index in [-0.39, 0.29) is 41.9 Å². The number of amides is 1. The van der Waals surface area contributed by atoms with Gasteiger partial charge in [0.2, 0.25) is 5.91 Å². The molecule has 0 aliphatic carbocycles. The van der Waals surface area contributed by atoms with Gasteiger partial charge in [-0.1, -0.05) is 6.58 Å². The molecule has 4 nitrogen and oxygen atoms in total. The first-order chi connectivity index (χ1) is 6.04. The predicted octanol–water partition coefficient (Wildman–Crippen LogP) is -3.40. The number of carbonyl (C=O) groups excluding carboxylic acids is 2. The smallest absolute Gasteiger partial charge is 0.550 e. The first kappa shape index (κ1) is 16.1. The van der Waals surface area contributed by atoms with Gasteiger partial charge in [0.05, 0.1) is 0 Å². The summed E-state index contributed by atoms with van der Waals surface area (Å²) in [5, 5.41) is 12.6. The summed E-state index contributed by atoms with van der Waals surface area (Å²) < 4.78 is 0. The fourth-order valence-electron chi connectivity index (χ4n) is 0.747. The SMILES string of the molecule is C=C(C)C(=O)NCCCCC(=O)[O-].[Na+]. The van der Waals surface area contributed by atoms with E-state index in [1.54, 1.807) is 6.92 Å². The van der Waals surface area contributed by atoms with E-state index in [4.69, 9.17) is 0 Å². The largest absolute Gasteiger partial charge is 1.00 e. The van der Waals surface area contributed by atoms with Gasteiger partial charge in [-0.15, -0.1) is 0 Å². The predicted molar refractivity (Wildman–Crippen MR) is 46.7 cm³/mol. The van der Waals surface area contributed by atoms with Crippen molar-refractivity contribution in [3.05, 3.63) is 12.2 Å². The van der Waals surface area contributed by atoms with Crippen molar-refractivity contribution in [3.63, 3.8) is 0 Å². The summed E-state index contributed by atoms with van der Waals surface area (Å²) >= 11 is 0. The van der Waals surface area contributed by atoms with Gasteiger partial charge in [-0.25, -0.2) is 0 Å². The Morgan fingerprint density at radius 2 is 1.93 bits per heavy atom. The zero-order chi connectivity index (χ0) is 10.3. The molecule has 0 heterocycles. The molecule has 0 atom stereocenters. The van der Waals surface area contributed by atoms with E-state index >= 15 is 0 Å². The average molecular weight is 207 g/mol. The fourth-order valence-corrected chi connectivity index (χ4v) is 0.747. The second-order valence-electron chi connectivity index (χ2n) is 2.87. The van der Waals surface area contributed by atoms with Crippen molar-refractivity contribution in [2.24, 2.45) is 0 Å². The number of carboxylic acids is 1. The molecule has 0 fully saturated rings. The Hall–Kier alpha value is -0.320. The van der Waals surface area contributed by atoms with Gasteiger partial charge in [-0.3, -0.25) is 4.79 Å². The first-order valence-corrected chi connectivity index (χ1v) is 4.17. The van der Waals surface area contributed by atoms with Crippen molar-refractivity contribution in [3.8, 4) is 0 Å². The van der Waals surface area contributed by atoms with Crippen LogP contribution < -0.4 is 40.0 Å². The number of hydrogen-bond acceptors (Lipinski definition) is 3. The number of aliphatic carboxylic acids is 1. The summed E-state index contributed by atoms with van der Waals surface area (Å²) in [7, 11) is 0. The van der Waals surface area contributed by atoms with Crippen LogP contribution in [0.4, 0.5) is 0 Å². The van der Waals surface area contributed by atoms with Crippen LogP contribution in [0, 0.1) is 0 Å². The van der Waals surface area contributed by atoms with Crippen LogP contribution in [0.2, 0.25) is 0 Å². The molecular formula is C9H14NNaO3. The Morgan fingerprint density at radius 3 is 2.36 bits per heavy atom. The second kappa shape index (κ2) is 9.24. The van der Waals surface area contributed by atoms with E-state index in [0.29, 0.717) is 25.0 Å². The van der Waals surface area contributed by atoms with Crippen LogP contribution in [0.25, 0.3) is 0 Å². The molecule has 0 spiro atoms. The zero-order valence-electron chi connectivity index (χ0n) is 8.76. The van der Waals surface area contributed by atoms with Crippen LogP contribution >= 0.6 is 0 Å². The van der Waals surface area contributed by atoms with E-state index in [9.17, 15) is 14.7 Å². The van der Waals surface area contributed by atoms with Crippen LogP contribution in [0.15, 0.2) is 12.2 Å². The summed E-state index contributed by atoms with van der Waals surface area (Å²) in [6.07, 6.45) is 1.22. The molecule has 74 valence electrons. The molecule has 0 aliphatic heterocycles. The van der Waals surface area contributed by atoms with E-state index in [1.165, 1.54) is 0 Å². The van der Waals surface area contributed by atoms with Gasteiger partial charge in [0.15, 0.2) is 0 Å². The molecule has 0 aromatic carbocycles. The fraction of sp³-hybridized carbons (Fsp3) is 0.556. The van der Waals surface area contributed by atoms with Gasteiger partial charge in [-0.2, -0.15) is 0 Å². The topological polar surface area (TPSA) is 69.2 Å². The average Bonchev–Trinajstić information content (AvgIpc) is 2.02. The number of hydrogen-bond donors (Lipinski definition) is 1. The number of carbonyl (C=O) groups is 2. The molecular weight excluding hydrogens is 193 g/mol. The standard InChI is InChI=1S/C9H15NO3.Na/c1-7(2)9(13)10-6-4-3-5-8(11)12;/h1,3-6H2,2H3,(H,10,13)(H,11,12);/q;+1/p-1. The normalized spacial score (nSPS) is 8.64. The Bertz CT molecular complexity index is 216. The molecule has 0 aromatic heterocycles. The third-order valence-corrected chi connectivity index (χ3v) is 1.48. The van der Waals surface area contributed by atoms with Crippen LogP contribution in [-0.4, -0.2) is 18.4 Å². The Kier molecular flexibility index (Phi) is 10.6. The van der Waals surface area contributed by atoms with Crippen molar-refractivity contribution in [2.75, 3.05) is 6.54 Å². The van der Waals surface area contributed by atoms with E-state index < -0.39 is 5.97 Å². The molecule has 0 saturated heterocycles. The number of nitrogens with one attached hydrogen (secondary N) is 1. The van der Waals surface area contributed by atoms with Gasteiger partial charge in [0.25, 0.3) is 0 Å². The van der Waals surface area contributed by atoms with Gasteiger partial charge in [0, 0.05) is 18.1 Å². The van der Waals surface area contributed by atoms with E-state index in [0.717, 1.165) is 0 Å². The van der Waals surface area contributed by atoms with Crippen molar-refractivity contribution >= 4 is 11.9 Å². The van der Waals surface area contributed by atoms with Gasteiger partial charge in [-0.05, 0) is 26.2 Å². The monoisotopic (exact) mass is 207 g/mol. The van der Waals surface area contributed by atoms with Crippen LogP contribution in [0.5, 0.6) is 0 Å². The summed E-state index contributed by atoms with van der Waals surface area (Å²) in [6.45, 7) is 5.57. The molecule has 0 aliphatic rings. The van der Waals surface area contributed by atoms with Gasteiger partial charge < -0.3 is 15.2 Å². The number of carboxylic acid groups (broad SMARTS) is 1. The molecule has 1 amide bonds. The maximum Gasteiger partial charge on any atom is 1.00 e. The third-order valence-electron chi connectivity index (χ3n) is 1.48. The van der Waals surface area contributed by atoms with Crippen LogP contribution in [-0.2, 0) is 9.59 Å². The molecule has 0 radical (unpaired) electrons. The minimum atomic E-state index is -1.05. The number of unbranched alkanes of at least 4 members (excludes halogenated alkanes) is 1. The second-order valence-corrected chi connectivity index (χ2v) is 2.87. The Morgan fingerprint density at radius 1 is 1.36 bits per heavy atom. The minimum absolute atomic E-state index is 0. The van der Waals surface area contributed by atoms with Crippen LogP contribution in [0.3, 0.4) is 0 Å². The summed E-state index contributed by atoms with van der Waals surface area (Å²) in [5.74, 6) is -1.24. The summed E-state index contributed by atoms with van der Waals surface area (Å²) in [5.41, 5.74) is 0.458. The van der Waals surface area contributed by atoms with Crippen molar-refractivity contribution < 1.29 is 44.3 Å². The summed E-state index contributed by atoms with van der Waals surface area (Å²) in [4.78, 5) is 20.9. The molecule has 0 unspecified atom stereocenters. The Labute approximate surface area is 106 Å². The van der Waals surface area contributed by atoms with Crippen molar-refractivity contribution in [2.45, 2.75) is 26.2 Å². The van der Waals surface area contributed by atoms with Crippen LogP contribution in [0.1, 0.15) is 26.2 Å². The van der Waals surface area contributed by atoms with Crippen molar-refractivity contribution in [1.82, 2.24) is 5.32 Å². The van der Waals surface area contributed by atoms with E-state index in [2.05, 4.69) is 11.9 Å². The minimum Gasteiger partial charge on any atom is -0.550 e. The maximum atomic E-state index is 10.9. The Balaban J connectivity index is 0. The molecule has 0 aromatic rings. The maximum absolute atomic E-state index is 10.9. The zero-order valence-corrected chi connectivity index (χ0v) is 10.8. The first-order valence-electron chi connectivity index (χ1n) is 4.17. The van der Waals surface area contributed by atoms with Gasteiger partial charge in [0.1, 0.15) is 0 Å². The molecule has 5 heteroatoms. The molecule has 14 heavy (non-hydrogen) atoms. The van der Waals surface area contributed by atoms with Crippen molar-refractivity contribution in [1.29, 1.82) is 0 Å². The van der Waals surface area contributed by atoms with Gasteiger partial charge >= 0.3 is 29.6 Å². The molecule has 0 saturated carbocycles. The third kappa shape index (κ3) is 9.77.